The van der Waals surface area contributed by atoms with E-state index in [-0.39, 0.29) is 5.75 Å². The van der Waals surface area contributed by atoms with Gasteiger partial charge < -0.3 is 15.1 Å². The van der Waals surface area contributed by atoms with Gasteiger partial charge in [0.05, 0.1) is 4.90 Å². The van der Waals surface area contributed by atoms with Crippen molar-refractivity contribution in [3.8, 4) is 11.5 Å². The van der Waals surface area contributed by atoms with Gasteiger partial charge in [-0.25, -0.2) is 4.39 Å². The molecule has 2 N–H and O–H groups in total. The van der Waals surface area contributed by atoms with E-state index in [9.17, 15) is 14.6 Å². The van der Waals surface area contributed by atoms with Gasteiger partial charge in [0.1, 0.15) is 0 Å². The standard InChI is InChI=1S/C17H18FNO2S/c1-19-9-7-12-13(8-10-19)17(16(21)15(20)14(12)18)22-11-5-3-2-4-6-11/h2-6,20-21H,7-10H2,1H3. The van der Waals surface area contributed by atoms with Crippen molar-refractivity contribution >= 4 is 11.8 Å². The normalized spacial score (nSPS) is 15.4. The number of likely N-dealkylation sites (N-methyl/N-ethyl adjacent to an activating group) is 1. The average Bonchev–Trinajstić information content (AvgIpc) is 2.73. The first-order chi connectivity index (χ1) is 10.6. The highest BCUT2D eigenvalue weighted by Gasteiger charge is 2.26. The molecular weight excluding hydrogens is 301 g/mol. The number of aromatic hydroxyl groups is 2. The maximum Gasteiger partial charge on any atom is 0.195 e. The van der Waals surface area contributed by atoms with Gasteiger partial charge in [-0.2, -0.15) is 0 Å². The van der Waals surface area contributed by atoms with Crippen molar-refractivity contribution in [1.82, 2.24) is 4.90 Å². The molecule has 0 radical (unpaired) electrons. The molecule has 2 aromatic carbocycles. The highest BCUT2D eigenvalue weighted by Crippen LogP contribution is 2.46. The largest absolute Gasteiger partial charge is 0.503 e. The maximum absolute atomic E-state index is 14.3. The number of fused-ring (bicyclic) bond motifs is 1. The molecular formula is C17H18FNO2S. The molecule has 0 unspecified atom stereocenters. The molecule has 1 aliphatic rings. The molecule has 0 aliphatic carbocycles. The van der Waals surface area contributed by atoms with E-state index in [0.717, 1.165) is 23.5 Å². The minimum atomic E-state index is -0.680. The minimum Gasteiger partial charge on any atom is -0.503 e. The first-order valence-electron chi connectivity index (χ1n) is 7.24. The Balaban J connectivity index is 2.11. The highest BCUT2D eigenvalue weighted by atomic mass is 32.2. The van der Waals surface area contributed by atoms with Gasteiger partial charge in [-0.3, -0.25) is 0 Å². The van der Waals surface area contributed by atoms with Crippen LogP contribution in [0.25, 0.3) is 0 Å². The summed E-state index contributed by atoms with van der Waals surface area (Å²) >= 11 is 1.37. The summed E-state index contributed by atoms with van der Waals surface area (Å²) in [7, 11) is 1.99. The quantitative estimate of drug-likeness (QED) is 0.833. The molecule has 1 heterocycles. The molecule has 0 fully saturated rings. The molecule has 0 saturated carbocycles. The van der Waals surface area contributed by atoms with Crippen LogP contribution in [-0.2, 0) is 12.8 Å². The number of nitrogens with zero attached hydrogens (tertiary/aromatic N) is 1. The third-order valence-corrected chi connectivity index (χ3v) is 5.15. The first kappa shape index (κ1) is 15.2. The third kappa shape index (κ3) is 2.78. The zero-order valence-electron chi connectivity index (χ0n) is 12.3. The number of rotatable bonds is 2. The van der Waals surface area contributed by atoms with Crippen LogP contribution in [0.5, 0.6) is 11.5 Å². The maximum atomic E-state index is 14.3. The van der Waals surface area contributed by atoms with E-state index in [1.54, 1.807) is 0 Å². The van der Waals surface area contributed by atoms with Gasteiger partial charge in [0.15, 0.2) is 17.3 Å². The lowest BCUT2D eigenvalue weighted by molar-refractivity contribution is 0.350. The number of hydrogen-bond donors (Lipinski definition) is 2. The van der Waals surface area contributed by atoms with Gasteiger partial charge in [-0.1, -0.05) is 30.0 Å². The lowest BCUT2D eigenvalue weighted by Crippen LogP contribution is -2.20. The van der Waals surface area contributed by atoms with Crippen LogP contribution in [0.15, 0.2) is 40.1 Å². The van der Waals surface area contributed by atoms with Gasteiger partial charge in [0, 0.05) is 18.0 Å². The Labute approximate surface area is 133 Å². The molecule has 0 spiro atoms. The lowest BCUT2D eigenvalue weighted by atomic mass is 10.0. The summed E-state index contributed by atoms with van der Waals surface area (Å²) < 4.78 is 14.3. The smallest absolute Gasteiger partial charge is 0.195 e. The molecule has 116 valence electrons. The molecule has 22 heavy (non-hydrogen) atoms. The fourth-order valence-electron chi connectivity index (χ4n) is 2.73. The Morgan fingerprint density at radius 3 is 2.32 bits per heavy atom. The van der Waals surface area contributed by atoms with Crippen molar-refractivity contribution in [2.75, 3.05) is 20.1 Å². The zero-order valence-corrected chi connectivity index (χ0v) is 13.2. The Kier molecular flexibility index (Phi) is 4.27. The second-order valence-corrected chi connectivity index (χ2v) is 6.60. The third-order valence-electron chi connectivity index (χ3n) is 4.00. The SMILES string of the molecule is CN1CCc2c(F)c(O)c(O)c(Sc3ccccc3)c2CC1. The summed E-state index contributed by atoms with van der Waals surface area (Å²) in [5.41, 5.74) is 1.34. The van der Waals surface area contributed by atoms with E-state index in [0.29, 0.717) is 23.3 Å². The van der Waals surface area contributed by atoms with Crippen molar-refractivity contribution in [1.29, 1.82) is 0 Å². The molecule has 0 saturated heterocycles. The molecule has 3 nitrogen and oxygen atoms in total. The summed E-state index contributed by atoms with van der Waals surface area (Å²) in [6, 6.07) is 9.60. The van der Waals surface area contributed by atoms with Crippen molar-refractivity contribution in [3.05, 3.63) is 47.3 Å². The first-order valence-corrected chi connectivity index (χ1v) is 8.06. The van der Waals surface area contributed by atoms with Crippen molar-refractivity contribution < 1.29 is 14.6 Å². The second-order valence-electron chi connectivity index (χ2n) is 5.52. The Hall–Kier alpha value is -1.72. The molecule has 5 heteroatoms. The number of phenolic OH excluding ortho intramolecular Hbond substituents is 2. The van der Waals surface area contributed by atoms with E-state index in [1.165, 1.54) is 11.8 Å². The monoisotopic (exact) mass is 319 g/mol. The fourth-order valence-corrected chi connectivity index (χ4v) is 3.80. The van der Waals surface area contributed by atoms with Crippen LogP contribution in [0.2, 0.25) is 0 Å². The summed E-state index contributed by atoms with van der Waals surface area (Å²) in [6.45, 7) is 1.54. The predicted molar refractivity (Wildman–Crippen MR) is 85.2 cm³/mol. The fraction of sp³-hybridized carbons (Fsp3) is 0.294. The van der Waals surface area contributed by atoms with Crippen molar-refractivity contribution in [2.45, 2.75) is 22.6 Å². The summed E-state index contributed by atoms with van der Waals surface area (Å²) in [5, 5.41) is 20.2. The number of hydrogen-bond acceptors (Lipinski definition) is 4. The summed E-state index contributed by atoms with van der Waals surface area (Å²) in [5.74, 6) is -1.67. The van der Waals surface area contributed by atoms with Crippen molar-refractivity contribution in [3.63, 3.8) is 0 Å². The van der Waals surface area contributed by atoms with Crippen LogP contribution < -0.4 is 0 Å². The molecule has 0 amide bonds. The zero-order chi connectivity index (χ0) is 15.7. The van der Waals surface area contributed by atoms with Gasteiger partial charge >= 0.3 is 0 Å². The van der Waals surface area contributed by atoms with Crippen LogP contribution in [0.3, 0.4) is 0 Å². The highest BCUT2D eigenvalue weighted by molar-refractivity contribution is 7.99. The molecule has 0 atom stereocenters. The summed E-state index contributed by atoms with van der Waals surface area (Å²) in [4.78, 5) is 3.64. The number of halogens is 1. The van der Waals surface area contributed by atoms with Crippen LogP contribution in [0, 0.1) is 5.82 Å². The van der Waals surface area contributed by atoms with E-state index in [1.807, 2.05) is 37.4 Å². The van der Waals surface area contributed by atoms with Gasteiger partial charge in [-0.15, -0.1) is 0 Å². The van der Waals surface area contributed by atoms with Gasteiger partial charge in [0.25, 0.3) is 0 Å². The Morgan fingerprint density at radius 2 is 1.64 bits per heavy atom. The van der Waals surface area contributed by atoms with E-state index >= 15 is 0 Å². The van der Waals surface area contributed by atoms with Crippen LogP contribution in [0.1, 0.15) is 11.1 Å². The predicted octanol–water partition coefficient (Wildman–Crippen LogP) is 3.42. The molecule has 3 rings (SSSR count). The van der Waals surface area contributed by atoms with Gasteiger partial charge in [0.2, 0.25) is 0 Å². The number of phenols is 2. The lowest BCUT2D eigenvalue weighted by Gasteiger charge is -2.16. The molecule has 2 aromatic rings. The van der Waals surface area contributed by atoms with E-state index in [2.05, 4.69) is 4.90 Å². The second kappa shape index (κ2) is 6.18. The Bertz CT molecular complexity index is 691. The molecule has 0 bridgehead atoms. The van der Waals surface area contributed by atoms with Crippen molar-refractivity contribution in [2.24, 2.45) is 0 Å². The minimum absolute atomic E-state index is 0.352. The topological polar surface area (TPSA) is 43.7 Å². The van der Waals surface area contributed by atoms with E-state index in [4.69, 9.17) is 0 Å². The average molecular weight is 319 g/mol. The van der Waals surface area contributed by atoms with Crippen LogP contribution in [-0.4, -0.2) is 35.3 Å². The van der Waals surface area contributed by atoms with Crippen LogP contribution >= 0.6 is 11.8 Å². The van der Waals surface area contributed by atoms with Crippen LogP contribution in [0.4, 0.5) is 4.39 Å². The number of benzene rings is 2. The Morgan fingerprint density at radius 1 is 1.00 bits per heavy atom. The van der Waals surface area contributed by atoms with E-state index < -0.39 is 11.6 Å². The molecule has 0 aromatic heterocycles. The van der Waals surface area contributed by atoms with Gasteiger partial charge in [-0.05, 0) is 43.1 Å². The molecule has 1 aliphatic heterocycles. The summed E-state index contributed by atoms with van der Waals surface area (Å²) in [6.07, 6.45) is 1.19.